The zero-order valence-electron chi connectivity index (χ0n) is 16.8. The fraction of sp³-hybridized carbons (Fsp3) is 0.368. The molecule has 3 rings (SSSR count). The van der Waals surface area contributed by atoms with Crippen LogP contribution in [0.15, 0.2) is 39.0 Å². The number of hydrazone groups is 1. The summed E-state index contributed by atoms with van der Waals surface area (Å²) in [5.74, 6) is 0.315. The van der Waals surface area contributed by atoms with E-state index in [1.54, 1.807) is 16.7 Å². The van der Waals surface area contributed by atoms with Crippen molar-refractivity contribution >= 4 is 29.0 Å². The number of anilines is 1. The van der Waals surface area contributed by atoms with Crippen LogP contribution in [0.1, 0.15) is 38.2 Å². The SMILES string of the molecule is CCCCCCn1c(N/N=C\c2cccc([N+](=O)[O-])c2)nc2c1c(=O)[nH]c(=O)n2C. The topological polar surface area (TPSA) is 140 Å². The highest BCUT2D eigenvalue weighted by Crippen LogP contribution is 2.17. The second-order valence-corrected chi connectivity index (χ2v) is 6.86. The molecule has 0 aliphatic carbocycles. The molecule has 30 heavy (non-hydrogen) atoms. The van der Waals surface area contributed by atoms with Gasteiger partial charge in [-0.2, -0.15) is 10.1 Å². The van der Waals surface area contributed by atoms with Gasteiger partial charge in [0, 0.05) is 31.3 Å². The molecule has 2 heterocycles. The highest BCUT2D eigenvalue weighted by Gasteiger charge is 2.16. The van der Waals surface area contributed by atoms with Gasteiger partial charge >= 0.3 is 5.69 Å². The average molecular weight is 413 g/mol. The van der Waals surface area contributed by atoms with E-state index >= 15 is 0 Å². The Hall–Kier alpha value is -3.76. The number of rotatable bonds is 9. The van der Waals surface area contributed by atoms with E-state index in [1.807, 2.05) is 0 Å². The molecule has 0 aliphatic rings. The second kappa shape index (κ2) is 9.16. The van der Waals surface area contributed by atoms with E-state index in [0.29, 0.717) is 23.6 Å². The molecular weight excluding hydrogens is 390 g/mol. The van der Waals surface area contributed by atoms with Crippen molar-refractivity contribution in [3.63, 3.8) is 0 Å². The number of unbranched alkanes of at least 4 members (excludes halogenated alkanes) is 3. The van der Waals surface area contributed by atoms with Gasteiger partial charge in [0.25, 0.3) is 11.2 Å². The number of benzene rings is 1. The van der Waals surface area contributed by atoms with Crippen molar-refractivity contribution in [2.75, 3.05) is 5.43 Å². The number of aryl methyl sites for hydroxylation is 2. The largest absolute Gasteiger partial charge is 0.329 e. The Labute approximate surface area is 171 Å². The number of hydrogen-bond acceptors (Lipinski definition) is 7. The Balaban J connectivity index is 1.93. The van der Waals surface area contributed by atoms with Crippen molar-refractivity contribution in [2.45, 2.75) is 39.2 Å². The molecule has 0 radical (unpaired) electrons. The molecule has 0 bridgehead atoms. The van der Waals surface area contributed by atoms with E-state index in [-0.39, 0.29) is 11.3 Å². The first-order valence-electron chi connectivity index (χ1n) is 9.65. The third-order valence-corrected chi connectivity index (χ3v) is 4.70. The zero-order valence-corrected chi connectivity index (χ0v) is 16.8. The molecule has 1 aromatic carbocycles. The van der Waals surface area contributed by atoms with E-state index in [2.05, 4.69) is 27.4 Å². The molecule has 11 nitrogen and oxygen atoms in total. The predicted octanol–water partition coefficient (Wildman–Crippen LogP) is 2.36. The van der Waals surface area contributed by atoms with Gasteiger partial charge in [-0.1, -0.05) is 38.3 Å². The standard InChI is InChI=1S/C19H23N7O4/c1-3-4-5-6-10-25-15-16(24(2)19(28)22-17(15)27)21-18(25)23-20-12-13-8-7-9-14(11-13)26(29)30/h7-9,11-12H,3-6,10H2,1-2H3,(H,21,23)(H,22,27,28)/b20-12-. The molecule has 158 valence electrons. The maximum absolute atomic E-state index is 12.4. The number of hydrogen-bond donors (Lipinski definition) is 2. The molecule has 0 aliphatic heterocycles. The van der Waals surface area contributed by atoms with Crippen LogP contribution in [0.5, 0.6) is 0 Å². The third kappa shape index (κ3) is 4.45. The highest BCUT2D eigenvalue weighted by molar-refractivity contribution is 5.81. The average Bonchev–Trinajstić information content (AvgIpc) is 3.09. The van der Waals surface area contributed by atoms with Crippen molar-refractivity contribution in [3.05, 3.63) is 60.8 Å². The molecule has 0 atom stereocenters. The second-order valence-electron chi connectivity index (χ2n) is 6.86. The normalized spacial score (nSPS) is 11.4. The number of aromatic amines is 1. The number of fused-ring (bicyclic) bond motifs is 1. The number of H-pyrrole nitrogens is 1. The van der Waals surface area contributed by atoms with E-state index in [1.165, 1.54) is 30.0 Å². The zero-order chi connectivity index (χ0) is 21.7. The molecular formula is C19H23N7O4. The first-order valence-corrected chi connectivity index (χ1v) is 9.65. The van der Waals surface area contributed by atoms with E-state index in [0.717, 1.165) is 25.7 Å². The van der Waals surface area contributed by atoms with Gasteiger partial charge in [-0.15, -0.1) is 0 Å². The fourth-order valence-corrected chi connectivity index (χ4v) is 3.12. The fourth-order valence-electron chi connectivity index (χ4n) is 3.12. The number of nitrogens with zero attached hydrogens (tertiary/aromatic N) is 5. The van der Waals surface area contributed by atoms with Crippen molar-refractivity contribution in [3.8, 4) is 0 Å². The number of nitrogens with one attached hydrogen (secondary N) is 2. The van der Waals surface area contributed by atoms with Crippen LogP contribution in [0.25, 0.3) is 11.2 Å². The van der Waals surface area contributed by atoms with Crippen LogP contribution in [-0.2, 0) is 13.6 Å². The Morgan fingerprint density at radius 3 is 2.83 bits per heavy atom. The van der Waals surface area contributed by atoms with Crippen LogP contribution >= 0.6 is 0 Å². The lowest BCUT2D eigenvalue weighted by Gasteiger charge is -2.07. The summed E-state index contributed by atoms with van der Waals surface area (Å²) < 4.78 is 2.97. The summed E-state index contributed by atoms with van der Waals surface area (Å²) in [5.41, 5.74) is 2.79. The van der Waals surface area contributed by atoms with E-state index < -0.39 is 16.2 Å². The minimum atomic E-state index is -0.547. The van der Waals surface area contributed by atoms with Gasteiger partial charge in [0.2, 0.25) is 5.95 Å². The lowest BCUT2D eigenvalue weighted by Crippen LogP contribution is -2.29. The maximum atomic E-state index is 12.4. The van der Waals surface area contributed by atoms with Crippen LogP contribution in [-0.4, -0.2) is 30.2 Å². The summed E-state index contributed by atoms with van der Waals surface area (Å²) in [7, 11) is 1.53. The van der Waals surface area contributed by atoms with Crippen molar-refractivity contribution in [1.82, 2.24) is 19.1 Å². The molecule has 0 saturated carbocycles. The summed E-state index contributed by atoms with van der Waals surface area (Å²) in [5, 5.41) is 15.0. The van der Waals surface area contributed by atoms with Gasteiger partial charge in [-0.25, -0.2) is 10.2 Å². The van der Waals surface area contributed by atoms with Gasteiger partial charge < -0.3 is 4.57 Å². The van der Waals surface area contributed by atoms with Crippen LogP contribution in [0.4, 0.5) is 11.6 Å². The summed E-state index contributed by atoms with van der Waals surface area (Å²) in [6.07, 6.45) is 5.42. The molecule has 0 saturated heterocycles. The Morgan fingerprint density at radius 2 is 2.10 bits per heavy atom. The third-order valence-electron chi connectivity index (χ3n) is 4.70. The lowest BCUT2D eigenvalue weighted by molar-refractivity contribution is -0.384. The maximum Gasteiger partial charge on any atom is 0.329 e. The molecule has 11 heteroatoms. The molecule has 2 N–H and O–H groups in total. The quantitative estimate of drug-likeness (QED) is 0.239. The molecule has 0 amide bonds. The number of imidazole rings is 1. The monoisotopic (exact) mass is 413 g/mol. The smallest absolute Gasteiger partial charge is 0.303 e. The Morgan fingerprint density at radius 1 is 1.30 bits per heavy atom. The minimum Gasteiger partial charge on any atom is -0.303 e. The van der Waals surface area contributed by atoms with E-state index in [9.17, 15) is 19.7 Å². The number of aromatic nitrogens is 4. The first kappa shape index (κ1) is 21.0. The van der Waals surface area contributed by atoms with Crippen LogP contribution < -0.4 is 16.7 Å². The molecule has 2 aromatic heterocycles. The molecule has 0 spiro atoms. The molecule has 0 fully saturated rings. The van der Waals surface area contributed by atoms with Crippen LogP contribution in [0.2, 0.25) is 0 Å². The molecule has 3 aromatic rings. The van der Waals surface area contributed by atoms with Gasteiger partial charge in [-0.05, 0) is 6.42 Å². The summed E-state index contributed by atoms with van der Waals surface area (Å²) >= 11 is 0. The van der Waals surface area contributed by atoms with Crippen molar-refractivity contribution in [2.24, 2.45) is 12.1 Å². The van der Waals surface area contributed by atoms with Gasteiger partial charge in [-0.3, -0.25) is 24.5 Å². The van der Waals surface area contributed by atoms with Gasteiger partial charge in [0.1, 0.15) is 0 Å². The highest BCUT2D eigenvalue weighted by atomic mass is 16.6. The lowest BCUT2D eigenvalue weighted by atomic mass is 10.2. The number of non-ortho nitro benzene ring substituents is 1. The summed E-state index contributed by atoms with van der Waals surface area (Å²) in [6, 6.07) is 6.04. The molecule has 0 unspecified atom stereocenters. The van der Waals surface area contributed by atoms with Crippen LogP contribution in [0, 0.1) is 10.1 Å². The van der Waals surface area contributed by atoms with Crippen molar-refractivity contribution < 1.29 is 4.92 Å². The number of nitro groups is 1. The summed E-state index contributed by atoms with van der Waals surface area (Å²) in [6.45, 7) is 2.65. The van der Waals surface area contributed by atoms with E-state index in [4.69, 9.17) is 0 Å². The summed E-state index contributed by atoms with van der Waals surface area (Å²) in [4.78, 5) is 41.4. The van der Waals surface area contributed by atoms with Gasteiger partial charge in [0.15, 0.2) is 11.2 Å². The Bertz CT molecular complexity index is 1210. The van der Waals surface area contributed by atoms with Gasteiger partial charge in [0.05, 0.1) is 11.1 Å². The minimum absolute atomic E-state index is 0.0383. The number of nitro benzene ring substituents is 1. The predicted molar refractivity (Wildman–Crippen MR) is 114 cm³/mol. The first-order chi connectivity index (χ1) is 14.4. The Kier molecular flexibility index (Phi) is 6.40. The van der Waals surface area contributed by atoms with Crippen LogP contribution in [0.3, 0.4) is 0 Å². The van der Waals surface area contributed by atoms with Crippen molar-refractivity contribution in [1.29, 1.82) is 0 Å².